The predicted octanol–water partition coefficient (Wildman–Crippen LogP) is 1.54. The van der Waals surface area contributed by atoms with Gasteiger partial charge in [0.05, 0.1) is 6.04 Å². The molecule has 2 atom stereocenters. The molecule has 0 fully saturated rings. The van der Waals surface area contributed by atoms with Crippen LogP contribution in [0, 0.1) is 18.3 Å². The van der Waals surface area contributed by atoms with Gasteiger partial charge in [-0.2, -0.15) is 0 Å². The van der Waals surface area contributed by atoms with Gasteiger partial charge in [0, 0.05) is 19.0 Å². The maximum Gasteiger partial charge on any atom is 0.236 e. The number of rotatable bonds is 7. The fourth-order valence-electron chi connectivity index (χ4n) is 1.38. The summed E-state index contributed by atoms with van der Waals surface area (Å²) in [4.78, 5) is 11.6. The molecule has 0 bridgehead atoms. The number of nitrogens with one attached hydrogen (secondary N) is 2. The van der Waals surface area contributed by atoms with Gasteiger partial charge >= 0.3 is 0 Å². The van der Waals surface area contributed by atoms with E-state index in [1.54, 1.807) is 0 Å². The van der Waals surface area contributed by atoms with E-state index in [1.807, 2.05) is 13.8 Å². The number of amides is 1. The highest BCUT2D eigenvalue weighted by molar-refractivity contribution is 5.81. The Hall–Kier alpha value is -1.01. The first-order valence-electron chi connectivity index (χ1n) is 5.94. The fraction of sp³-hybridized carbons (Fsp3) is 0.769. The van der Waals surface area contributed by atoms with Gasteiger partial charge in [0.25, 0.3) is 0 Å². The molecule has 0 aromatic heterocycles. The van der Waals surface area contributed by atoms with Gasteiger partial charge in [0.2, 0.25) is 5.91 Å². The predicted molar refractivity (Wildman–Crippen MR) is 68.0 cm³/mol. The third-order valence-electron chi connectivity index (χ3n) is 2.37. The van der Waals surface area contributed by atoms with Crippen LogP contribution in [0.25, 0.3) is 0 Å². The van der Waals surface area contributed by atoms with Crippen molar-refractivity contribution in [2.24, 2.45) is 5.92 Å². The average molecular weight is 224 g/mol. The quantitative estimate of drug-likeness (QED) is 0.644. The lowest BCUT2D eigenvalue weighted by Crippen LogP contribution is -2.45. The summed E-state index contributed by atoms with van der Waals surface area (Å²) in [5.74, 6) is 3.24. The van der Waals surface area contributed by atoms with E-state index in [9.17, 15) is 4.79 Å². The van der Waals surface area contributed by atoms with Crippen molar-refractivity contribution in [2.45, 2.75) is 52.6 Å². The van der Waals surface area contributed by atoms with E-state index < -0.39 is 0 Å². The molecule has 2 N–H and O–H groups in total. The lowest BCUT2D eigenvalue weighted by atomic mass is 10.1. The zero-order valence-electron chi connectivity index (χ0n) is 10.8. The maximum absolute atomic E-state index is 11.6. The Bertz CT molecular complexity index is 243. The second kappa shape index (κ2) is 8.18. The topological polar surface area (TPSA) is 41.1 Å². The van der Waals surface area contributed by atoms with Gasteiger partial charge in [0.15, 0.2) is 0 Å². The van der Waals surface area contributed by atoms with Crippen LogP contribution in [0.3, 0.4) is 0 Å². The molecule has 0 heterocycles. The summed E-state index contributed by atoms with van der Waals surface area (Å²) >= 11 is 0. The maximum atomic E-state index is 11.6. The van der Waals surface area contributed by atoms with Gasteiger partial charge in [0.1, 0.15) is 0 Å². The van der Waals surface area contributed by atoms with Gasteiger partial charge in [-0.1, -0.05) is 13.8 Å². The molecule has 2 unspecified atom stereocenters. The highest BCUT2D eigenvalue weighted by Gasteiger charge is 2.13. The summed E-state index contributed by atoms with van der Waals surface area (Å²) in [6, 6.07) is -0.00800. The zero-order valence-corrected chi connectivity index (χ0v) is 10.8. The molecule has 0 aromatic rings. The summed E-state index contributed by atoms with van der Waals surface area (Å²) in [5, 5.41) is 6.07. The van der Waals surface area contributed by atoms with Gasteiger partial charge in [-0.3, -0.25) is 4.79 Å². The Morgan fingerprint density at radius 1 is 1.31 bits per heavy atom. The Morgan fingerprint density at radius 3 is 2.44 bits per heavy atom. The van der Waals surface area contributed by atoms with Crippen LogP contribution in [-0.4, -0.2) is 24.5 Å². The molecular weight excluding hydrogens is 200 g/mol. The van der Waals surface area contributed by atoms with Crippen molar-refractivity contribution in [3.8, 4) is 12.3 Å². The molecule has 0 rings (SSSR count). The molecule has 92 valence electrons. The number of carbonyl (C=O) groups is 1. The van der Waals surface area contributed by atoms with Crippen molar-refractivity contribution in [1.29, 1.82) is 0 Å². The van der Waals surface area contributed by atoms with E-state index in [2.05, 4.69) is 30.4 Å². The highest BCUT2D eigenvalue weighted by atomic mass is 16.2. The molecule has 0 saturated heterocycles. The molecule has 0 aromatic carbocycles. The Balaban J connectivity index is 3.77. The Kier molecular flexibility index (Phi) is 7.66. The molecule has 0 radical (unpaired) electrons. The third kappa shape index (κ3) is 7.30. The van der Waals surface area contributed by atoms with E-state index in [1.165, 1.54) is 0 Å². The minimum atomic E-state index is -0.185. The third-order valence-corrected chi connectivity index (χ3v) is 2.37. The normalized spacial score (nSPS) is 14.2. The monoisotopic (exact) mass is 224 g/mol. The van der Waals surface area contributed by atoms with E-state index in [0.717, 1.165) is 13.0 Å². The van der Waals surface area contributed by atoms with E-state index in [4.69, 9.17) is 6.42 Å². The van der Waals surface area contributed by atoms with Crippen LogP contribution in [0.1, 0.15) is 40.5 Å². The SMILES string of the molecule is C#CCC(C)NC(C)C(=O)NCCC(C)C. The molecule has 3 heteroatoms. The summed E-state index contributed by atoms with van der Waals surface area (Å²) in [6.07, 6.45) is 6.86. The van der Waals surface area contributed by atoms with Crippen molar-refractivity contribution in [1.82, 2.24) is 10.6 Å². The fourth-order valence-corrected chi connectivity index (χ4v) is 1.38. The lowest BCUT2D eigenvalue weighted by Gasteiger charge is -2.18. The van der Waals surface area contributed by atoms with Crippen LogP contribution in [0.2, 0.25) is 0 Å². The smallest absolute Gasteiger partial charge is 0.236 e. The molecule has 3 nitrogen and oxygen atoms in total. The Morgan fingerprint density at radius 2 is 1.94 bits per heavy atom. The van der Waals surface area contributed by atoms with Crippen LogP contribution < -0.4 is 10.6 Å². The zero-order chi connectivity index (χ0) is 12.6. The molecule has 0 saturated carbocycles. The molecule has 0 aliphatic carbocycles. The van der Waals surface area contributed by atoms with Crippen molar-refractivity contribution < 1.29 is 4.79 Å². The summed E-state index contributed by atoms with van der Waals surface area (Å²) in [5.41, 5.74) is 0. The Labute approximate surface area is 99.4 Å². The van der Waals surface area contributed by atoms with Crippen molar-refractivity contribution >= 4 is 5.91 Å². The second-order valence-corrected chi connectivity index (χ2v) is 4.67. The number of carbonyl (C=O) groups excluding carboxylic acids is 1. The van der Waals surface area contributed by atoms with Crippen LogP contribution in [0.5, 0.6) is 0 Å². The summed E-state index contributed by atoms with van der Waals surface area (Å²) in [7, 11) is 0. The van der Waals surface area contributed by atoms with E-state index in [-0.39, 0.29) is 18.0 Å². The minimum Gasteiger partial charge on any atom is -0.355 e. The number of hydrogen-bond donors (Lipinski definition) is 2. The minimum absolute atomic E-state index is 0.0459. The largest absolute Gasteiger partial charge is 0.355 e. The van der Waals surface area contributed by atoms with Gasteiger partial charge < -0.3 is 10.6 Å². The molecule has 0 spiro atoms. The first kappa shape index (κ1) is 15.0. The second-order valence-electron chi connectivity index (χ2n) is 4.67. The first-order chi connectivity index (χ1) is 7.47. The molecule has 1 amide bonds. The van der Waals surface area contributed by atoms with E-state index >= 15 is 0 Å². The van der Waals surface area contributed by atoms with Crippen molar-refractivity contribution in [2.75, 3.05) is 6.54 Å². The lowest BCUT2D eigenvalue weighted by molar-refractivity contribution is -0.122. The number of hydrogen-bond acceptors (Lipinski definition) is 2. The summed E-state index contributed by atoms with van der Waals surface area (Å²) in [6.45, 7) is 8.87. The number of terminal acetylenes is 1. The van der Waals surface area contributed by atoms with Gasteiger partial charge in [-0.25, -0.2) is 0 Å². The van der Waals surface area contributed by atoms with Gasteiger partial charge in [-0.05, 0) is 26.2 Å². The van der Waals surface area contributed by atoms with Crippen LogP contribution in [0.4, 0.5) is 0 Å². The van der Waals surface area contributed by atoms with E-state index in [0.29, 0.717) is 12.3 Å². The first-order valence-corrected chi connectivity index (χ1v) is 5.94. The van der Waals surface area contributed by atoms with Gasteiger partial charge in [-0.15, -0.1) is 12.3 Å². The molecular formula is C13H24N2O. The average Bonchev–Trinajstić information content (AvgIpc) is 2.17. The van der Waals surface area contributed by atoms with Crippen LogP contribution in [-0.2, 0) is 4.79 Å². The molecule has 0 aliphatic heterocycles. The van der Waals surface area contributed by atoms with Crippen molar-refractivity contribution in [3.63, 3.8) is 0 Å². The van der Waals surface area contributed by atoms with Crippen LogP contribution in [0.15, 0.2) is 0 Å². The van der Waals surface area contributed by atoms with Crippen LogP contribution >= 0.6 is 0 Å². The molecule has 0 aliphatic rings. The standard InChI is InChI=1S/C13H24N2O/c1-6-7-11(4)15-12(5)13(16)14-9-8-10(2)3/h1,10-12,15H,7-9H2,2-5H3,(H,14,16). The van der Waals surface area contributed by atoms with Crippen molar-refractivity contribution in [3.05, 3.63) is 0 Å². The summed E-state index contributed by atoms with van der Waals surface area (Å²) < 4.78 is 0. The highest BCUT2D eigenvalue weighted by Crippen LogP contribution is 1.97. The molecule has 16 heavy (non-hydrogen) atoms.